The smallest absolute Gasteiger partial charge is 0.303 e. The van der Waals surface area contributed by atoms with Crippen LogP contribution in [-0.4, -0.2) is 24.8 Å². The lowest BCUT2D eigenvalue weighted by Gasteiger charge is -2.11. The maximum atomic E-state index is 10.4. The standard InChI is InChI=1S/C12H16O4/c1-9(6-12(13)14)8-16-11-5-3-4-10(7-11)15-2/h3-5,7,9H,6,8H2,1-2H3,(H,13,14). The number of benzene rings is 1. The Morgan fingerprint density at radius 3 is 2.75 bits per heavy atom. The quantitative estimate of drug-likeness (QED) is 0.804. The van der Waals surface area contributed by atoms with E-state index >= 15 is 0 Å². The van der Waals surface area contributed by atoms with Gasteiger partial charge in [-0.25, -0.2) is 0 Å². The number of ether oxygens (including phenoxy) is 2. The third-order valence-electron chi connectivity index (χ3n) is 2.10. The molecule has 1 atom stereocenters. The molecular formula is C12H16O4. The van der Waals surface area contributed by atoms with Crippen LogP contribution in [0.25, 0.3) is 0 Å². The third kappa shape index (κ3) is 4.21. The van der Waals surface area contributed by atoms with Crippen molar-refractivity contribution in [3.05, 3.63) is 24.3 Å². The molecule has 0 spiro atoms. The van der Waals surface area contributed by atoms with Crippen LogP contribution < -0.4 is 9.47 Å². The van der Waals surface area contributed by atoms with Gasteiger partial charge in [0.2, 0.25) is 0 Å². The number of hydrogen-bond donors (Lipinski definition) is 1. The van der Waals surface area contributed by atoms with Gasteiger partial charge in [-0.05, 0) is 12.1 Å². The summed E-state index contributed by atoms with van der Waals surface area (Å²) in [5, 5.41) is 8.59. The number of hydrogen-bond acceptors (Lipinski definition) is 3. The highest BCUT2D eigenvalue weighted by Crippen LogP contribution is 2.19. The van der Waals surface area contributed by atoms with Gasteiger partial charge in [0.05, 0.1) is 20.1 Å². The minimum absolute atomic E-state index is 0.0105. The van der Waals surface area contributed by atoms with E-state index < -0.39 is 5.97 Å². The molecule has 0 aliphatic rings. The van der Waals surface area contributed by atoms with Crippen molar-refractivity contribution < 1.29 is 19.4 Å². The van der Waals surface area contributed by atoms with Crippen LogP contribution in [0.2, 0.25) is 0 Å². The van der Waals surface area contributed by atoms with E-state index in [1.807, 2.05) is 25.1 Å². The van der Waals surface area contributed by atoms with Crippen molar-refractivity contribution in [3.63, 3.8) is 0 Å². The van der Waals surface area contributed by atoms with Gasteiger partial charge in [-0.1, -0.05) is 13.0 Å². The lowest BCUT2D eigenvalue weighted by Crippen LogP contribution is -2.12. The zero-order valence-corrected chi connectivity index (χ0v) is 9.47. The van der Waals surface area contributed by atoms with Crippen LogP contribution in [0.5, 0.6) is 11.5 Å². The molecule has 0 aliphatic carbocycles. The minimum atomic E-state index is -0.804. The molecule has 0 saturated heterocycles. The van der Waals surface area contributed by atoms with E-state index in [1.165, 1.54) is 0 Å². The molecule has 0 aromatic heterocycles. The molecule has 0 heterocycles. The van der Waals surface area contributed by atoms with Crippen LogP contribution in [0, 0.1) is 5.92 Å². The molecule has 1 aromatic carbocycles. The molecule has 4 heteroatoms. The number of rotatable bonds is 6. The molecule has 0 fully saturated rings. The largest absolute Gasteiger partial charge is 0.497 e. The number of carboxylic acids is 1. The molecular weight excluding hydrogens is 208 g/mol. The summed E-state index contributed by atoms with van der Waals surface area (Å²) in [6, 6.07) is 7.24. The van der Waals surface area contributed by atoms with Crippen molar-refractivity contribution in [2.45, 2.75) is 13.3 Å². The van der Waals surface area contributed by atoms with E-state index in [9.17, 15) is 4.79 Å². The van der Waals surface area contributed by atoms with Crippen LogP contribution >= 0.6 is 0 Å². The van der Waals surface area contributed by atoms with Gasteiger partial charge in [0.1, 0.15) is 11.5 Å². The van der Waals surface area contributed by atoms with Crippen LogP contribution in [0.4, 0.5) is 0 Å². The molecule has 1 N–H and O–H groups in total. The molecule has 4 nitrogen and oxygen atoms in total. The van der Waals surface area contributed by atoms with Crippen molar-refractivity contribution in [2.24, 2.45) is 5.92 Å². The van der Waals surface area contributed by atoms with Gasteiger partial charge in [0.15, 0.2) is 0 Å². The molecule has 1 rings (SSSR count). The van der Waals surface area contributed by atoms with Crippen molar-refractivity contribution >= 4 is 5.97 Å². The molecule has 88 valence electrons. The van der Waals surface area contributed by atoms with Crippen molar-refractivity contribution in [1.82, 2.24) is 0 Å². The van der Waals surface area contributed by atoms with Gasteiger partial charge in [-0.3, -0.25) is 4.79 Å². The Morgan fingerprint density at radius 1 is 1.44 bits per heavy atom. The van der Waals surface area contributed by atoms with E-state index in [1.54, 1.807) is 13.2 Å². The molecule has 16 heavy (non-hydrogen) atoms. The fourth-order valence-corrected chi connectivity index (χ4v) is 1.29. The highest BCUT2D eigenvalue weighted by Gasteiger charge is 2.08. The van der Waals surface area contributed by atoms with Crippen LogP contribution in [0.3, 0.4) is 0 Å². The fraction of sp³-hybridized carbons (Fsp3) is 0.417. The summed E-state index contributed by atoms with van der Waals surface area (Å²) in [4.78, 5) is 10.4. The summed E-state index contributed by atoms with van der Waals surface area (Å²) < 4.78 is 10.5. The summed E-state index contributed by atoms with van der Waals surface area (Å²) in [6.07, 6.45) is 0.115. The molecule has 0 saturated carbocycles. The van der Waals surface area contributed by atoms with Crippen LogP contribution in [0.15, 0.2) is 24.3 Å². The van der Waals surface area contributed by atoms with Gasteiger partial charge < -0.3 is 14.6 Å². The second-order valence-corrected chi connectivity index (χ2v) is 3.69. The molecule has 0 bridgehead atoms. The van der Waals surface area contributed by atoms with Gasteiger partial charge in [-0.2, -0.15) is 0 Å². The van der Waals surface area contributed by atoms with Crippen LogP contribution in [-0.2, 0) is 4.79 Å². The topological polar surface area (TPSA) is 55.8 Å². The van der Waals surface area contributed by atoms with E-state index in [4.69, 9.17) is 14.6 Å². The van der Waals surface area contributed by atoms with Gasteiger partial charge in [0, 0.05) is 12.0 Å². The second kappa shape index (κ2) is 6.00. The van der Waals surface area contributed by atoms with Gasteiger partial charge in [-0.15, -0.1) is 0 Å². The fourth-order valence-electron chi connectivity index (χ4n) is 1.29. The van der Waals surface area contributed by atoms with E-state index in [2.05, 4.69) is 0 Å². The lowest BCUT2D eigenvalue weighted by atomic mass is 10.1. The van der Waals surface area contributed by atoms with Crippen molar-refractivity contribution in [3.8, 4) is 11.5 Å². The maximum absolute atomic E-state index is 10.4. The van der Waals surface area contributed by atoms with E-state index in [0.717, 1.165) is 5.75 Å². The zero-order chi connectivity index (χ0) is 12.0. The Hall–Kier alpha value is -1.71. The number of methoxy groups -OCH3 is 1. The number of carbonyl (C=O) groups is 1. The predicted octanol–water partition coefficient (Wildman–Crippen LogP) is 2.18. The Balaban J connectivity index is 2.44. The Kier molecular flexibility index (Phi) is 4.64. The molecule has 0 amide bonds. The molecule has 0 aliphatic heterocycles. The summed E-state index contributed by atoms with van der Waals surface area (Å²) in [6.45, 7) is 2.23. The van der Waals surface area contributed by atoms with E-state index in [-0.39, 0.29) is 12.3 Å². The third-order valence-corrected chi connectivity index (χ3v) is 2.10. The monoisotopic (exact) mass is 224 g/mol. The van der Waals surface area contributed by atoms with Gasteiger partial charge >= 0.3 is 5.97 Å². The van der Waals surface area contributed by atoms with Crippen LogP contribution in [0.1, 0.15) is 13.3 Å². The molecule has 1 aromatic rings. The first kappa shape index (κ1) is 12.4. The van der Waals surface area contributed by atoms with Gasteiger partial charge in [0.25, 0.3) is 0 Å². The first-order valence-electron chi connectivity index (χ1n) is 5.10. The second-order valence-electron chi connectivity index (χ2n) is 3.69. The molecule has 1 unspecified atom stereocenters. The SMILES string of the molecule is COc1cccc(OCC(C)CC(=O)O)c1. The summed E-state index contributed by atoms with van der Waals surface area (Å²) in [7, 11) is 1.59. The highest BCUT2D eigenvalue weighted by molar-refractivity contribution is 5.66. The van der Waals surface area contributed by atoms with E-state index in [0.29, 0.717) is 12.4 Å². The van der Waals surface area contributed by atoms with Crippen molar-refractivity contribution in [1.29, 1.82) is 0 Å². The zero-order valence-electron chi connectivity index (χ0n) is 9.47. The summed E-state index contributed by atoms with van der Waals surface area (Å²) in [5.41, 5.74) is 0. The summed E-state index contributed by atoms with van der Waals surface area (Å²) in [5.74, 6) is 0.602. The highest BCUT2D eigenvalue weighted by atomic mass is 16.5. The number of carboxylic acid groups (broad SMARTS) is 1. The first-order chi connectivity index (χ1) is 7.61. The normalized spacial score (nSPS) is 11.9. The average molecular weight is 224 g/mol. The Labute approximate surface area is 94.8 Å². The molecule has 0 radical (unpaired) electrons. The Bertz CT molecular complexity index is 349. The predicted molar refractivity (Wildman–Crippen MR) is 59.9 cm³/mol. The minimum Gasteiger partial charge on any atom is -0.497 e. The lowest BCUT2D eigenvalue weighted by molar-refractivity contribution is -0.138. The average Bonchev–Trinajstić information content (AvgIpc) is 2.26. The Morgan fingerprint density at radius 2 is 2.12 bits per heavy atom. The number of aliphatic carboxylic acids is 1. The first-order valence-corrected chi connectivity index (χ1v) is 5.10. The maximum Gasteiger partial charge on any atom is 0.303 e. The summed E-state index contributed by atoms with van der Waals surface area (Å²) >= 11 is 0. The van der Waals surface area contributed by atoms with Crippen molar-refractivity contribution in [2.75, 3.05) is 13.7 Å².